The van der Waals surface area contributed by atoms with E-state index in [4.69, 9.17) is 0 Å². The average Bonchev–Trinajstić information content (AvgIpc) is 3.14. The van der Waals surface area contributed by atoms with E-state index in [1.165, 1.54) is 0 Å². The lowest BCUT2D eigenvalue weighted by Gasteiger charge is -2.02. The molecule has 0 radical (unpaired) electrons. The summed E-state index contributed by atoms with van der Waals surface area (Å²) < 4.78 is 1.98. The predicted molar refractivity (Wildman–Crippen MR) is 82.5 cm³/mol. The number of benzene rings is 1. The molecule has 0 spiro atoms. The van der Waals surface area contributed by atoms with Gasteiger partial charge in [-0.2, -0.15) is 0 Å². The molecule has 0 amide bonds. The number of aryl methyl sites for hydroxylation is 1. The Morgan fingerprint density at radius 2 is 2.10 bits per heavy atom. The van der Waals surface area contributed by atoms with Crippen LogP contribution in [-0.4, -0.2) is 15.3 Å². The molecule has 0 bridgehead atoms. The van der Waals surface area contributed by atoms with Gasteiger partial charge in [0, 0.05) is 35.1 Å². The summed E-state index contributed by atoms with van der Waals surface area (Å²) in [4.78, 5) is 17.1. The van der Waals surface area contributed by atoms with E-state index >= 15 is 0 Å². The highest BCUT2D eigenvalue weighted by atomic mass is 32.1. The number of rotatable bonds is 2. The summed E-state index contributed by atoms with van der Waals surface area (Å²) in [5.41, 5.74) is 2.46. The van der Waals surface area contributed by atoms with Gasteiger partial charge < -0.3 is 9.55 Å². The number of nitrogens with one attached hydrogen (secondary N) is 1. The van der Waals surface area contributed by atoms with E-state index in [0.29, 0.717) is 0 Å². The Morgan fingerprint density at radius 1 is 1.25 bits per heavy atom. The fourth-order valence-corrected chi connectivity index (χ4v) is 3.53. The zero-order chi connectivity index (χ0) is 13.7. The van der Waals surface area contributed by atoms with Crippen LogP contribution in [-0.2, 0) is 7.05 Å². The molecule has 3 nitrogen and oxygen atoms in total. The molecule has 0 atom stereocenters. The Labute approximate surface area is 119 Å². The SMILES string of the molecule is Cn1c(C(=O)c2c[nH]c3ccccc23)cc2ccsc21. The number of H-pyrrole nitrogens is 1. The van der Waals surface area contributed by atoms with Gasteiger partial charge in [-0.1, -0.05) is 18.2 Å². The normalized spacial score (nSPS) is 11.4. The van der Waals surface area contributed by atoms with E-state index < -0.39 is 0 Å². The molecule has 0 saturated carbocycles. The molecule has 1 N–H and O–H groups in total. The summed E-state index contributed by atoms with van der Waals surface area (Å²) in [6.45, 7) is 0. The first kappa shape index (κ1) is 11.5. The second-order valence-electron chi connectivity index (χ2n) is 4.85. The standard InChI is InChI=1S/C16H12N2OS/c1-18-14(8-10-6-7-20-16(10)18)15(19)12-9-17-13-5-3-2-4-11(12)13/h2-9,17H,1H3. The van der Waals surface area contributed by atoms with Crippen LogP contribution in [0.15, 0.2) is 48.0 Å². The smallest absolute Gasteiger partial charge is 0.211 e. The van der Waals surface area contributed by atoms with Crippen molar-refractivity contribution in [2.24, 2.45) is 7.05 Å². The summed E-state index contributed by atoms with van der Waals surface area (Å²) in [5.74, 6) is 0.0633. The predicted octanol–water partition coefficient (Wildman–Crippen LogP) is 3.95. The Bertz CT molecular complexity index is 942. The van der Waals surface area contributed by atoms with Crippen LogP contribution >= 0.6 is 11.3 Å². The third kappa shape index (κ3) is 1.48. The highest BCUT2D eigenvalue weighted by Gasteiger charge is 2.18. The molecule has 4 rings (SSSR count). The van der Waals surface area contributed by atoms with Crippen molar-refractivity contribution in [2.45, 2.75) is 0 Å². The van der Waals surface area contributed by atoms with E-state index in [1.54, 1.807) is 17.5 Å². The van der Waals surface area contributed by atoms with Gasteiger partial charge in [-0.15, -0.1) is 11.3 Å². The Hall–Kier alpha value is -2.33. The average molecular weight is 280 g/mol. The number of para-hydroxylation sites is 1. The maximum Gasteiger partial charge on any atom is 0.211 e. The largest absolute Gasteiger partial charge is 0.360 e. The molecule has 0 unspecified atom stereocenters. The number of hydrogen-bond donors (Lipinski definition) is 1. The molecular formula is C16H12N2OS. The van der Waals surface area contributed by atoms with Crippen LogP contribution in [0.25, 0.3) is 21.1 Å². The fraction of sp³-hybridized carbons (Fsp3) is 0.0625. The number of carbonyl (C=O) groups excluding carboxylic acids is 1. The van der Waals surface area contributed by atoms with E-state index in [9.17, 15) is 4.79 Å². The first-order valence-corrected chi connectivity index (χ1v) is 7.27. The molecule has 20 heavy (non-hydrogen) atoms. The maximum atomic E-state index is 12.8. The molecule has 0 aliphatic carbocycles. The lowest BCUT2D eigenvalue weighted by atomic mass is 10.1. The fourth-order valence-electron chi connectivity index (χ4n) is 2.66. The number of thiophene rings is 1. The van der Waals surface area contributed by atoms with Gasteiger partial charge in [-0.3, -0.25) is 4.79 Å². The summed E-state index contributed by atoms with van der Waals surface area (Å²) in [6, 6.07) is 11.9. The Kier molecular flexibility index (Phi) is 2.35. The van der Waals surface area contributed by atoms with E-state index in [1.807, 2.05) is 53.4 Å². The molecule has 4 heteroatoms. The number of aromatic nitrogens is 2. The molecule has 0 fully saturated rings. The van der Waals surface area contributed by atoms with E-state index in [0.717, 1.165) is 32.4 Å². The minimum atomic E-state index is 0.0633. The third-order valence-electron chi connectivity index (χ3n) is 3.70. The van der Waals surface area contributed by atoms with Crippen LogP contribution in [0.4, 0.5) is 0 Å². The first-order valence-electron chi connectivity index (χ1n) is 6.39. The number of nitrogens with zero attached hydrogens (tertiary/aromatic N) is 1. The minimum absolute atomic E-state index is 0.0633. The number of carbonyl (C=O) groups is 1. The van der Waals surface area contributed by atoms with Gasteiger partial charge in [-0.05, 0) is 23.6 Å². The minimum Gasteiger partial charge on any atom is -0.360 e. The van der Waals surface area contributed by atoms with Crippen molar-refractivity contribution in [3.63, 3.8) is 0 Å². The van der Waals surface area contributed by atoms with Crippen LogP contribution in [0.3, 0.4) is 0 Å². The van der Waals surface area contributed by atoms with Crippen LogP contribution in [0, 0.1) is 0 Å². The number of ketones is 1. The van der Waals surface area contributed by atoms with Crippen molar-refractivity contribution < 1.29 is 4.79 Å². The second-order valence-corrected chi connectivity index (χ2v) is 5.74. The molecular weight excluding hydrogens is 268 g/mol. The van der Waals surface area contributed by atoms with E-state index in [-0.39, 0.29) is 5.78 Å². The molecule has 98 valence electrons. The first-order chi connectivity index (χ1) is 9.75. The van der Waals surface area contributed by atoms with Crippen LogP contribution in [0.2, 0.25) is 0 Å². The van der Waals surface area contributed by atoms with Gasteiger partial charge >= 0.3 is 0 Å². The lowest BCUT2D eigenvalue weighted by molar-refractivity contribution is 0.103. The summed E-state index contributed by atoms with van der Waals surface area (Å²) in [7, 11) is 1.95. The Balaban J connectivity index is 1.91. The zero-order valence-corrected chi connectivity index (χ0v) is 11.7. The molecule has 4 aromatic rings. The quantitative estimate of drug-likeness (QED) is 0.555. The van der Waals surface area contributed by atoms with Crippen molar-refractivity contribution in [2.75, 3.05) is 0 Å². The summed E-state index contributed by atoms with van der Waals surface area (Å²) in [5, 5.41) is 4.15. The summed E-state index contributed by atoms with van der Waals surface area (Å²) in [6.07, 6.45) is 1.80. The van der Waals surface area contributed by atoms with Crippen molar-refractivity contribution in [1.82, 2.24) is 9.55 Å². The highest BCUT2D eigenvalue weighted by Crippen LogP contribution is 2.27. The monoisotopic (exact) mass is 280 g/mol. The second kappa shape index (κ2) is 4.08. The topological polar surface area (TPSA) is 37.8 Å². The number of hydrogen-bond acceptors (Lipinski definition) is 2. The van der Waals surface area contributed by atoms with Crippen LogP contribution in [0.1, 0.15) is 16.1 Å². The highest BCUT2D eigenvalue weighted by molar-refractivity contribution is 7.16. The van der Waals surface area contributed by atoms with Crippen molar-refractivity contribution in [3.05, 3.63) is 59.2 Å². The van der Waals surface area contributed by atoms with Crippen molar-refractivity contribution in [3.8, 4) is 0 Å². The Morgan fingerprint density at radius 3 is 2.95 bits per heavy atom. The van der Waals surface area contributed by atoms with Gasteiger partial charge in [0.25, 0.3) is 0 Å². The zero-order valence-electron chi connectivity index (χ0n) is 10.9. The van der Waals surface area contributed by atoms with Gasteiger partial charge in [-0.25, -0.2) is 0 Å². The maximum absolute atomic E-state index is 12.8. The number of aromatic amines is 1. The van der Waals surface area contributed by atoms with Gasteiger partial charge in [0.05, 0.1) is 5.69 Å². The molecule has 0 aliphatic rings. The van der Waals surface area contributed by atoms with Gasteiger partial charge in [0.15, 0.2) is 0 Å². The third-order valence-corrected chi connectivity index (χ3v) is 4.70. The van der Waals surface area contributed by atoms with Crippen molar-refractivity contribution >= 4 is 38.2 Å². The molecule has 3 aromatic heterocycles. The van der Waals surface area contributed by atoms with Gasteiger partial charge in [0.2, 0.25) is 5.78 Å². The molecule has 0 aliphatic heterocycles. The van der Waals surface area contributed by atoms with E-state index in [2.05, 4.69) is 4.98 Å². The molecule has 3 heterocycles. The van der Waals surface area contributed by atoms with Gasteiger partial charge in [0.1, 0.15) is 4.83 Å². The van der Waals surface area contributed by atoms with Crippen LogP contribution in [0.5, 0.6) is 0 Å². The lowest BCUT2D eigenvalue weighted by Crippen LogP contribution is -2.06. The summed E-state index contributed by atoms with van der Waals surface area (Å²) >= 11 is 1.66. The van der Waals surface area contributed by atoms with Crippen molar-refractivity contribution in [1.29, 1.82) is 0 Å². The van der Waals surface area contributed by atoms with Crippen LogP contribution < -0.4 is 0 Å². The number of fused-ring (bicyclic) bond motifs is 2. The molecule has 1 aromatic carbocycles. The molecule has 0 saturated heterocycles.